The first-order valence-electron chi connectivity index (χ1n) is 6.88. The van der Waals surface area contributed by atoms with E-state index in [-0.39, 0.29) is 0 Å². The van der Waals surface area contributed by atoms with Gasteiger partial charge >= 0.3 is 5.97 Å². The number of hydrogen-bond acceptors (Lipinski definition) is 3. The van der Waals surface area contributed by atoms with Gasteiger partial charge < -0.3 is 0 Å². The number of hydrogen-bond donors (Lipinski definition) is 0. The predicted molar refractivity (Wildman–Crippen MR) is 75.7 cm³/mol. The van der Waals surface area contributed by atoms with E-state index in [0.29, 0.717) is 18.1 Å². The van der Waals surface area contributed by atoms with Crippen LogP contribution >= 0.6 is 0 Å². The van der Waals surface area contributed by atoms with Gasteiger partial charge in [0, 0.05) is 0 Å². The molecule has 0 N–H and O–H groups in total. The van der Waals surface area contributed by atoms with Crippen molar-refractivity contribution in [2.75, 3.05) is 6.61 Å². The topological polar surface area (TPSA) is 35.5 Å². The second-order valence-electron chi connectivity index (χ2n) is 4.88. The molecule has 105 valence electrons. The highest BCUT2D eigenvalue weighted by molar-refractivity contribution is 5.88. The van der Waals surface area contributed by atoms with Crippen LogP contribution < -0.4 is 0 Å². The van der Waals surface area contributed by atoms with Gasteiger partial charge in [-0.15, -0.1) is 0 Å². The third-order valence-electron chi connectivity index (χ3n) is 2.93. The third kappa shape index (κ3) is 5.88. The van der Waals surface area contributed by atoms with E-state index in [1.165, 1.54) is 5.56 Å². The molecule has 1 rings (SSSR count). The molecule has 0 saturated heterocycles. The van der Waals surface area contributed by atoms with Crippen molar-refractivity contribution in [3.05, 3.63) is 42.3 Å². The van der Waals surface area contributed by atoms with Crippen LogP contribution in [-0.4, -0.2) is 12.6 Å². The Kier molecular flexibility index (Phi) is 7.19. The number of carbonyl (C=O) groups excluding carboxylic acids is 1. The Hall–Kier alpha value is -1.35. The standard InChI is InChI=1S/C16H23O3/c1-4-5-6-7-12-18-19-16(17)15-10-8-14(9-11-15)13(2)3/h8-11,13H,1,4-7,12H2,2-3H3. The molecule has 1 aromatic carbocycles. The van der Waals surface area contributed by atoms with E-state index in [1.54, 1.807) is 12.1 Å². The van der Waals surface area contributed by atoms with E-state index >= 15 is 0 Å². The molecule has 0 aliphatic carbocycles. The number of unbranched alkanes of at least 4 members (excludes halogenated alkanes) is 3. The average molecular weight is 263 g/mol. The minimum absolute atomic E-state index is 0.438. The van der Waals surface area contributed by atoms with Crippen LogP contribution in [0.5, 0.6) is 0 Å². The molecule has 0 fully saturated rings. The molecule has 3 nitrogen and oxygen atoms in total. The van der Waals surface area contributed by atoms with Crippen LogP contribution in [-0.2, 0) is 9.78 Å². The first-order chi connectivity index (χ1) is 9.15. The lowest BCUT2D eigenvalue weighted by Crippen LogP contribution is -2.07. The van der Waals surface area contributed by atoms with Gasteiger partial charge in [-0.2, -0.15) is 4.89 Å². The summed E-state index contributed by atoms with van der Waals surface area (Å²) in [6, 6.07) is 7.42. The summed E-state index contributed by atoms with van der Waals surface area (Å²) in [4.78, 5) is 21.3. The fraction of sp³-hybridized carbons (Fsp3) is 0.500. The van der Waals surface area contributed by atoms with E-state index in [0.717, 1.165) is 25.7 Å². The van der Waals surface area contributed by atoms with Crippen molar-refractivity contribution in [3.8, 4) is 0 Å². The molecular weight excluding hydrogens is 240 g/mol. The van der Waals surface area contributed by atoms with Crippen LogP contribution in [0.4, 0.5) is 0 Å². The summed E-state index contributed by atoms with van der Waals surface area (Å²) < 4.78 is 0. The quantitative estimate of drug-likeness (QED) is 0.398. The van der Waals surface area contributed by atoms with Gasteiger partial charge in [-0.05, 0) is 30.0 Å². The van der Waals surface area contributed by atoms with Crippen molar-refractivity contribution in [1.82, 2.24) is 0 Å². The van der Waals surface area contributed by atoms with Crippen LogP contribution in [0.1, 0.15) is 61.4 Å². The molecule has 0 heterocycles. The van der Waals surface area contributed by atoms with Crippen molar-refractivity contribution in [2.45, 2.75) is 45.4 Å². The van der Waals surface area contributed by atoms with Gasteiger partial charge in [0.05, 0.1) is 12.2 Å². The first-order valence-corrected chi connectivity index (χ1v) is 6.88. The van der Waals surface area contributed by atoms with Crippen LogP contribution in [0.25, 0.3) is 0 Å². The van der Waals surface area contributed by atoms with E-state index in [4.69, 9.17) is 9.78 Å². The summed E-state index contributed by atoms with van der Waals surface area (Å²) in [5.74, 6) is 0.0156. The van der Waals surface area contributed by atoms with Gasteiger partial charge in [-0.25, -0.2) is 4.79 Å². The molecule has 1 aromatic rings. The van der Waals surface area contributed by atoms with Gasteiger partial charge in [0.2, 0.25) is 0 Å². The zero-order valence-corrected chi connectivity index (χ0v) is 11.9. The maximum absolute atomic E-state index is 11.7. The second kappa shape index (κ2) is 8.70. The zero-order valence-electron chi connectivity index (χ0n) is 11.9. The molecule has 0 aliphatic heterocycles. The Bertz CT molecular complexity index is 368. The smallest absolute Gasteiger partial charge is 0.293 e. The third-order valence-corrected chi connectivity index (χ3v) is 2.93. The molecule has 0 unspecified atom stereocenters. The highest BCUT2D eigenvalue weighted by Crippen LogP contribution is 2.15. The van der Waals surface area contributed by atoms with Crippen molar-refractivity contribution in [1.29, 1.82) is 0 Å². The zero-order chi connectivity index (χ0) is 14.1. The lowest BCUT2D eigenvalue weighted by Gasteiger charge is -2.06. The van der Waals surface area contributed by atoms with E-state index < -0.39 is 5.97 Å². The van der Waals surface area contributed by atoms with Gasteiger partial charge in [0.25, 0.3) is 0 Å². The fourth-order valence-corrected chi connectivity index (χ4v) is 1.66. The van der Waals surface area contributed by atoms with E-state index in [9.17, 15) is 4.79 Å². The lowest BCUT2D eigenvalue weighted by molar-refractivity contribution is -0.241. The highest BCUT2D eigenvalue weighted by atomic mass is 17.2. The molecule has 0 spiro atoms. The Balaban J connectivity index is 2.29. The Morgan fingerprint density at radius 3 is 2.42 bits per heavy atom. The highest BCUT2D eigenvalue weighted by Gasteiger charge is 2.08. The molecule has 0 saturated carbocycles. The Morgan fingerprint density at radius 2 is 1.84 bits per heavy atom. The van der Waals surface area contributed by atoms with Crippen molar-refractivity contribution in [3.63, 3.8) is 0 Å². The number of rotatable bonds is 8. The van der Waals surface area contributed by atoms with Crippen LogP contribution in [0.3, 0.4) is 0 Å². The van der Waals surface area contributed by atoms with Gasteiger partial charge in [-0.1, -0.05) is 52.2 Å². The summed E-state index contributed by atoms with van der Waals surface area (Å²) >= 11 is 0. The molecule has 1 radical (unpaired) electrons. The van der Waals surface area contributed by atoms with Crippen LogP contribution in [0, 0.1) is 6.92 Å². The summed E-state index contributed by atoms with van der Waals surface area (Å²) in [5.41, 5.74) is 1.72. The van der Waals surface area contributed by atoms with Crippen LogP contribution in [0.15, 0.2) is 24.3 Å². The molecule has 3 heteroatoms. The SMILES string of the molecule is [CH2]CCCCCOOC(=O)c1ccc(C(C)C)cc1. The average Bonchev–Trinajstić information content (AvgIpc) is 2.42. The molecule has 0 aromatic heterocycles. The molecule has 0 amide bonds. The Labute approximate surface area is 115 Å². The minimum atomic E-state index is -0.438. The maximum atomic E-state index is 11.7. The first kappa shape index (κ1) is 15.7. The van der Waals surface area contributed by atoms with Crippen LogP contribution in [0.2, 0.25) is 0 Å². The van der Waals surface area contributed by atoms with E-state index in [1.807, 2.05) is 12.1 Å². The molecule has 0 atom stereocenters. The summed E-state index contributed by atoms with van der Waals surface area (Å²) in [6.07, 6.45) is 3.94. The number of carbonyl (C=O) groups is 1. The minimum Gasteiger partial charge on any atom is -0.293 e. The number of benzene rings is 1. The molecule has 0 aliphatic rings. The van der Waals surface area contributed by atoms with Gasteiger partial charge in [-0.3, -0.25) is 4.89 Å². The van der Waals surface area contributed by atoms with Crippen molar-refractivity contribution >= 4 is 5.97 Å². The molecule has 0 bridgehead atoms. The summed E-state index contributed by atoms with van der Waals surface area (Å²) in [6.45, 7) is 8.43. The lowest BCUT2D eigenvalue weighted by atomic mass is 10.0. The van der Waals surface area contributed by atoms with Gasteiger partial charge in [0.15, 0.2) is 0 Å². The molecular formula is C16H23O3. The second-order valence-corrected chi connectivity index (χ2v) is 4.88. The van der Waals surface area contributed by atoms with Crippen molar-refractivity contribution < 1.29 is 14.6 Å². The Morgan fingerprint density at radius 1 is 1.16 bits per heavy atom. The summed E-state index contributed by atoms with van der Waals surface area (Å²) in [5, 5.41) is 0. The molecule has 19 heavy (non-hydrogen) atoms. The normalized spacial score (nSPS) is 10.7. The largest absolute Gasteiger partial charge is 0.373 e. The fourth-order valence-electron chi connectivity index (χ4n) is 1.66. The summed E-state index contributed by atoms with van der Waals surface area (Å²) in [7, 11) is 0. The van der Waals surface area contributed by atoms with E-state index in [2.05, 4.69) is 20.8 Å². The monoisotopic (exact) mass is 263 g/mol. The maximum Gasteiger partial charge on any atom is 0.373 e. The predicted octanol–water partition coefficient (Wildman–Crippen LogP) is 4.29. The van der Waals surface area contributed by atoms with Crippen molar-refractivity contribution in [2.24, 2.45) is 0 Å². The van der Waals surface area contributed by atoms with Gasteiger partial charge in [0.1, 0.15) is 0 Å².